The molecule has 2 amide bonds. The summed E-state index contributed by atoms with van der Waals surface area (Å²) in [5.41, 5.74) is 5.65. The standard InChI is InChI=1S/C34H62N2O5Si/c1-22(11-14-29(37)35-36-30(38)21-39-7)25-12-13-26-31-27(16-18-34(25,26)6)33(5)17-15-24(19-23(33)20-28(31)40-8)41-42(9,10)32(2,3)4/h22-28,31H,11-21H2,1-10H3,(H,35,37)(H,36,38)/t22?,23-,24+,25+,26-,27-,28+,31-,33-,34+/m0/s1. The first-order valence-electron chi connectivity index (χ1n) is 16.8. The van der Waals surface area contributed by atoms with Crippen LogP contribution in [0.25, 0.3) is 0 Å². The Morgan fingerprint density at radius 1 is 0.929 bits per heavy atom. The molecular formula is C34H62N2O5Si. The van der Waals surface area contributed by atoms with Crippen LogP contribution in [-0.4, -0.2) is 53.2 Å². The number of methoxy groups -OCH3 is 2. The highest BCUT2D eigenvalue weighted by Crippen LogP contribution is 2.69. The van der Waals surface area contributed by atoms with Crippen molar-refractivity contribution in [2.75, 3.05) is 20.8 Å². The topological polar surface area (TPSA) is 85.9 Å². The zero-order valence-electron chi connectivity index (χ0n) is 28.4. The van der Waals surface area contributed by atoms with Crippen molar-refractivity contribution in [3.8, 4) is 0 Å². The molecule has 0 aromatic carbocycles. The highest BCUT2D eigenvalue weighted by Gasteiger charge is 2.63. The molecule has 4 aliphatic rings. The predicted molar refractivity (Wildman–Crippen MR) is 170 cm³/mol. The summed E-state index contributed by atoms with van der Waals surface area (Å²) >= 11 is 0. The molecule has 4 fully saturated rings. The van der Waals surface area contributed by atoms with Gasteiger partial charge in [-0.05, 0) is 122 Å². The van der Waals surface area contributed by atoms with Crippen molar-refractivity contribution in [1.29, 1.82) is 0 Å². The Kier molecular flexibility index (Phi) is 10.3. The summed E-state index contributed by atoms with van der Waals surface area (Å²) in [4.78, 5) is 24.0. The van der Waals surface area contributed by atoms with E-state index in [0.717, 1.165) is 12.3 Å². The van der Waals surface area contributed by atoms with Gasteiger partial charge in [-0.15, -0.1) is 0 Å². The van der Waals surface area contributed by atoms with Crippen molar-refractivity contribution in [3.63, 3.8) is 0 Å². The second kappa shape index (κ2) is 12.8. The minimum atomic E-state index is -1.79. The molecule has 8 heteroatoms. The second-order valence-corrected chi connectivity index (χ2v) is 21.3. The van der Waals surface area contributed by atoms with E-state index in [0.29, 0.717) is 59.0 Å². The van der Waals surface area contributed by atoms with E-state index >= 15 is 0 Å². The van der Waals surface area contributed by atoms with Crippen LogP contribution in [0.1, 0.15) is 106 Å². The third kappa shape index (κ3) is 6.52. The molecule has 0 bridgehead atoms. The van der Waals surface area contributed by atoms with Crippen LogP contribution in [0, 0.1) is 46.3 Å². The van der Waals surface area contributed by atoms with Gasteiger partial charge in [0.05, 0.1) is 6.10 Å². The molecule has 0 heterocycles. The lowest BCUT2D eigenvalue weighted by Crippen LogP contribution is -2.59. The van der Waals surface area contributed by atoms with Crippen LogP contribution in [0.2, 0.25) is 18.1 Å². The van der Waals surface area contributed by atoms with Gasteiger partial charge in [0, 0.05) is 26.7 Å². The highest BCUT2D eigenvalue weighted by molar-refractivity contribution is 6.74. The molecule has 0 spiro atoms. The number of nitrogens with one attached hydrogen (secondary N) is 2. The van der Waals surface area contributed by atoms with Gasteiger partial charge < -0.3 is 13.9 Å². The van der Waals surface area contributed by atoms with Crippen LogP contribution < -0.4 is 10.9 Å². The molecule has 0 aromatic rings. The average Bonchev–Trinajstić information content (AvgIpc) is 3.27. The van der Waals surface area contributed by atoms with Crippen molar-refractivity contribution in [2.24, 2.45) is 46.3 Å². The summed E-state index contributed by atoms with van der Waals surface area (Å²) < 4.78 is 18.2. The zero-order valence-corrected chi connectivity index (χ0v) is 29.4. The number of hydrazine groups is 1. The largest absolute Gasteiger partial charge is 0.414 e. The molecule has 7 nitrogen and oxygen atoms in total. The molecule has 2 N–H and O–H groups in total. The number of ether oxygens (including phenoxy) is 2. The molecule has 10 atom stereocenters. The fourth-order valence-corrected chi connectivity index (χ4v) is 11.4. The predicted octanol–water partition coefficient (Wildman–Crippen LogP) is 6.87. The number of carbonyl (C=O) groups is 2. The zero-order chi connectivity index (χ0) is 31.1. The second-order valence-electron chi connectivity index (χ2n) is 16.6. The Hall–Kier alpha value is -0.963. The van der Waals surface area contributed by atoms with Gasteiger partial charge in [-0.2, -0.15) is 0 Å². The van der Waals surface area contributed by atoms with Crippen molar-refractivity contribution >= 4 is 20.1 Å². The maximum absolute atomic E-state index is 12.4. The molecule has 1 unspecified atom stereocenters. The molecule has 4 rings (SSSR count). The van der Waals surface area contributed by atoms with E-state index in [1.54, 1.807) is 0 Å². The van der Waals surface area contributed by atoms with E-state index < -0.39 is 8.32 Å². The van der Waals surface area contributed by atoms with Gasteiger partial charge in [0.2, 0.25) is 5.91 Å². The monoisotopic (exact) mass is 606 g/mol. The lowest BCUT2D eigenvalue weighted by atomic mass is 9.43. The number of rotatable bonds is 9. The van der Waals surface area contributed by atoms with Crippen LogP contribution in [0.3, 0.4) is 0 Å². The fourth-order valence-electron chi connectivity index (χ4n) is 10.0. The molecule has 4 saturated carbocycles. The molecule has 242 valence electrons. The fraction of sp³-hybridized carbons (Fsp3) is 0.941. The summed E-state index contributed by atoms with van der Waals surface area (Å²) in [7, 11) is 1.64. The summed E-state index contributed by atoms with van der Waals surface area (Å²) in [6.45, 7) is 19.3. The van der Waals surface area contributed by atoms with Crippen LogP contribution in [0.4, 0.5) is 0 Å². The Morgan fingerprint density at radius 2 is 1.57 bits per heavy atom. The lowest BCUT2D eigenvalue weighted by molar-refractivity contribution is -0.181. The Balaban J connectivity index is 1.41. The minimum absolute atomic E-state index is 0.0613. The minimum Gasteiger partial charge on any atom is -0.414 e. The summed E-state index contributed by atoms with van der Waals surface area (Å²) in [5.74, 6) is 3.34. The van der Waals surface area contributed by atoms with Gasteiger partial charge in [-0.3, -0.25) is 20.4 Å². The Morgan fingerprint density at radius 3 is 2.21 bits per heavy atom. The van der Waals surface area contributed by atoms with Crippen molar-refractivity contribution in [1.82, 2.24) is 10.9 Å². The van der Waals surface area contributed by atoms with Gasteiger partial charge in [0.25, 0.3) is 5.91 Å². The van der Waals surface area contributed by atoms with E-state index in [1.165, 1.54) is 58.5 Å². The van der Waals surface area contributed by atoms with E-state index in [-0.39, 0.29) is 23.5 Å². The van der Waals surface area contributed by atoms with Crippen LogP contribution >= 0.6 is 0 Å². The third-order valence-electron chi connectivity index (χ3n) is 13.4. The summed E-state index contributed by atoms with van der Waals surface area (Å²) in [5, 5.41) is 0.244. The quantitative estimate of drug-likeness (QED) is 0.221. The van der Waals surface area contributed by atoms with E-state index in [2.05, 4.69) is 65.5 Å². The lowest BCUT2D eigenvalue weighted by Gasteiger charge is -2.63. The van der Waals surface area contributed by atoms with Gasteiger partial charge in [0.1, 0.15) is 6.61 Å². The highest BCUT2D eigenvalue weighted by atomic mass is 28.4. The first-order chi connectivity index (χ1) is 19.6. The number of amides is 2. The first kappa shape index (κ1) is 33.9. The van der Waals surface area contributed by atoms with Crippen LogP contribution in [0.15, 0.2) is 0 Å². The number of carbonyl (C=O) groups excluding carboxylic acids is 2. The van der Waals surface area contributed by atoms with E-state index in [1.807, 2.05) is 7.11 Å². The van der Waals surface area contributed by atoms with Crippen molar-refractivity contribution in [3.05, 3.63) is 0 Å². The molecule has 0 aliphatic heterocycles. The van der Waals surface area contributed by atoms with Gasteiger partial charge in [-0.25, -0.2) is 0 Å². The van der Waals surface area contributed by atoms with Crippen LogP contribution in [-0.2, 0) is 23.5 Å². The van der Waals surface area contributed by atoms with Gasteiger partial charge >= 0.3 is 0 Å². The normalized spacial score (nSPS) is 39.0. The molecule has 0 saturated heterocycles. The Labute approximate surface area is 257 Å². The van der Waals surface area contributed by atoms with Crippen molar-refractivity contribution < 1.29 is 23.5 Å². The SMILES string of the molecule is COCC(=O)NNC(=O)CCC(C)[C@H]1CC[C@H]2[C@@H]3[C@H](OC)C[C@@H]4C[C@H](O[Si](C)(C)C(C)(C)C)CC[C@]4(C)[C@H]3CC[C@]12C. The van der Waals surface area contributed by atoms with Crippen LogP contribution in [0.5, 0.6) is 0 Å². The molecular weight excluding hydrogens is 544 g/mol. The maximum atomic E-state index is 12.4. The van der Waals surface area contributed by atoms with Crippen molar-refractivity contribution in [2.45, 2.75) is 136 Å². The number of fused-ring (bicyclic) bond motifs is 5. The molecule has 0 aromatic heterocycles. The summed E-state index contributed by atoms with van der Waals surface area (Å²) in [6.07, 6.45) is 12.0. The van der Waals surface area contributed by atoms with Gasteiger partial charge in [-0.1, -0.05) is 41.5 Å². The Bertz CT molecular complexity index is 968. The number of hydrogen-bond donors (Lipinski definition) is 2. The third-order valence-corrected chi connectivity index (χ3v) is 17.9. The average molecular weight is 607 g/mol. The first-order valence-corrected chi connectivity index (χ1v) is 19.8. The maximum Gasteiger partial charge on any atom is 0.264 e. The molecule has 0 radical (unpaired) electrons. The smallest absolute Gasteiger partial charge is 0.264 e. The summed E-state index contributed by atoms with van der Waals surface area (Å²) in [6, 6.07) is 0. The number of hydrogen-bond acceptors (Lipinski definition) is 5. The molecule has 42 heavy (non-hydrogen) atoms. The molecule has 4 aliphatic carbocycles. The van der Waals surface area contributed by atoms with E-state index in [9.17, 15) is 9.59 Å². The van der Waals surface area contributed by atoms with Gasteiger partial charge in [0.15, 0.2) is 8.32 Å². The van der Waals surface area contributed by atoms with E-state index in [4.69, 9.17) is 13.9 Å².